The molecular weight excluding hydrogens is 238 g/mol. The van der Waals surface area contributed by atoms with Crippen molar-refractivity contribution in [1.82, 2.24) is 5.32 Å². The SMILES string of the molecule is CC1(C)C(NC2COc3ccccc32)C2CCOC21. The predicted molar refractivity (Wildman–Crippen MR) is 73.2 cm³/mol. The van der Waals surface area contributed by atoms with E-state index in [9.17, 15) is 0 Å². The van der Waals surface area contributed by atoms with Gasteiger partial charge >= 0.3 is 0 Å². The highest BCUT2D eigenvalue weighted by molar-refractivity contribution is 5.39. The lowest BCUT2D eigenvalue weighted by atomic mass is 9.57. The van der Waals surface area contributed by atoms with Crippen molar-refractivity contribution in [2.75, 3.05) is 13.2 Å². The molecule has 19 heavy (non-hydrogen) atoms. The Morgan fingerprint density at radius 3 is 3.00 bits per heavy atom. The fourth-order valence-electron chi connectivity index (χ4n) is 4.18. The van der Waals surface area contributed by atoms with Crippen LogP contribution in [0.2, 0.25) is 0 Å². The summed E-state index contributed by atoms with van der Waals surface area (Å²) in [6, 6.07) is 9.24. The average Bonchev–Trinajstić information content (AvgIpc) is 3.01. The van der Waals surface area contributed by atoms with E-state index < -0.39 is 0 Å². The van der Waals surface area contributed by atoms with Gasteiger partial charge in [-0.25, -0.2) is 0 Å². The highest BCUT2D eigenvalue weighted by Gasteiger charge is 2.59. The van der Waals surface area contributed by atoms with Crippen LogP contribution in [0.25, 0.3) is 0 Å². The highest BCUT2D eigenvalue weighted by atomic mass is 16.5. The van der Waals surface area contributed by atoms with E-state index >= 15 is 0 Å². The van der Waals surface area contributed by atoms with Crippen molar-refractivity contribution in [1.29, 1.82) is 0 Å². The summed E-state index contributed by atoms with van der Waals surface area (Å²) in [5.41, 5.74) is 1.54. The minimum atomic E-state index is 0.235. The van der Waals surface area contributed by atoms with Gasteiger partial charge in [0.05, 0.1) is 12.1 Å². The molecule has 2 aliphatic heterocycles. The highest BCUT2D eigenvalue weighted by Crippen LogP contribution is 2.53. The van der Waals surface area contributed by atoms with Crippen LogP contribution in [0.1, 0.15) is 31.9 Å². The summed E-state index contributed by atoms with van der Waals surface area (Å²) in [4.78, 5) is 0. The van der Waals surface area contributed by atoms with Gasteiger partial charge in [0.15, 0.2) is 0 Å². The van der Waals surface area contributed by atoms with Crippen LogP contribution in [0.3, 0.4) is 0 Å². The van der Waals surface area contributed by atoms with Gasteiger partial charge in [0.2, 0.25) is 0 Å². The fourth-order valence-corrected chi connectivity index (χ4v) is 4.18. The van der Waals surface area contributed by atoms with Gasteiger partial charge < -0.3 is 14.8 Å². The number of rotatable bonds is 2. The molecule has 3 nitrogen and oxygen atoms in total. The largest absolute Gasteiger partial charge is 0.491 e. The van der Waals surface area contributed by atoms with Crippen LogP contribution in [0.15, 0.2) is 24.3 Å². The smallest absolute Gasteiger partial charge is 0.124 e. The molecule has 2 fully saturated rings. The Morgan fingerprint density at radius 2 is 2.11 bits per heavy atom. The zero-order valence-electron chi connectivity index (χ0n) is 11.6. The Labute approximate surface area is 114 Å². The summed E-state index contributed by atoms with van der Waals surface area (Å²) in [7, 11) is 0. The number of hydrogen-bond acceptors (Lipinski definition) is 3. The van der Waals surface area contributed by atoms with Gasteiger partial charge in [0.25, 0.3) is 0 Å². The first kappa shape index (κ1) is 11.7. The molecule has 1 saturated carbocycles. The summed E-state index contributed by atoms with van der Waals surface area (Å²) in [6.07, 6.45) is 1.64. The maximum atomic E-state index is 5.86. The zero-order valence-corrected chi connectivity index (χ0v) is 11.6. The first-order valence-corrected chi connectivity index (χ1v) is 7.27. The molecule has 1 aliphatic carbocycles. The van der Waals surface area contributed by atoms with Crippen molar-refractivity contribution in [3.63, 3.8) is 0 Å². The Bertz CT molecular complexity index is 499. The second-order valence-corrected chi connectivity index (χ2v) is 6.61. The molecule has 102 valence electrons. The normalized spacial score (nSPS) is 38.2. The van der Waals surface area contributed by atoms with Gasteiger partial charge in [-0.15, -0.1) is 0 Å². The van der Waals surface area contributed by atoms with Crippen LogP contribution in [0, 0.1) is 11.3 Å². The summed E-state index contributed by atoms with van der Waals surface area (Å²) in [6.45, 7) is 6.32. The van der Waals surface area contributed by atoms with Gasteiger partial charge in [0, 0.05) is 29.5 Å². The van der Waals surface area contributed by atoms with Gasteiger partial charge in [0.1, 0.15) is 12.4 Å². The molecule has 3 heteroatoms. The van der Waals surface area contributed by atoms with E-state index in [-0.39, 0.29) is 5.41 Å². The summed E-state index contributed by atoms with van der Waals surface area (Å²) in [5, 5.41) is 3.83. The second kappa shape index (κ2) is 3.97. The molecular formula is C16H21NO2. The van der Waals surface area contributed by atoms with Crippen molar-refractivity contribution in [3.05, 3.63) is 29.8 Å². The quantitative estimate of drug-likeness (QED) is 0.885. The second-order valence-electron chi connectivity index (χ2n) is 6.61. The van der Waals surface area contributed by atoms with Gasteiger partial charge in [-0.2, -0.15) is 0 Å². The van der Waals surface area contributed by atoms with Crippen LogP contribution in [0.5, 0.6) is 5.75 Å². The van der Waals surface area contributed by atoms with Gasteiger partial charge in [-0.05, 0) is 12.5 Å². The zero-order chi connectivity index (χ0) is 13.0. The number of benzene rings is 1. The van der Waals surface area contributed by atoms with E-state index in [1.807, 2.05) is 6.07 Å². The fraction of sp³-hybridized carbons (Fsp3) is 0.625. The van der Waals surface area contributed by atoms with Crippen LogP contribution >= 0.6 is 0 Å². The third-order valence-corrected chi connectivity index (χ3v) is 5.18. The lowest BCUT2D eigenvalue weighted by molar-refractivity contribution is -0.116. The number of para-hydroxylation sites is 1. The Balaban J connectivity index is 1.54. The Morgan fingerprint density at radius 1 is 1.26 bits per heavy atom. The molecule has 2 heterocycles. The topological polar surface area (TPSA) is 30.5 Å². The van der Waals surface area contributed by atoms with E-state index in [0.717, 1.165) is 19.0 Å². The lowest BCUT2D eigenvalue weighted by Gasteiger charge is -2.55. The van der Waals surface area contributed by atoms with Gasteiger partial charge in [-0.1, -0.05) is 32.0 Å². The molecule has 3 aliphatic rings. The third kappa shape index (κ3) is 1.58. The molecule has 0 bridgehead atoms. The van der Waals surface area contributed by atoms with Gasteiger partial charge in [-0.3, -0.25) is 0 Å². The molecule has 1 saturated heterocycles. The first-order chi connectivity index (χ1) is 9.18. The molecule has 0 radical (unpaired) electrons. The molecule has 4 atom stereocenters. The molecule has 1 N–H and O–H groups in total. The van der Waals surface area contributed by atoms with Crippen LogP contribution < -0.4 is 10.1 Å². The van der Waals surface area contributed by atoms with Crippen LogP contribution in [-0.2, 0) is 4.74 Å². The monoisotopic (exact) mass is 259 g/mol. The Kier molecular flexibility index (Phi) is 2.45. The summed E-state index contributed by atoms with van der Waals surface area (Å²) < 4.78 is 11.6. The van der Waals surface area contributed by atoms with E-state index in [2.05, 4.69) is 37.4 Å². The number of nitrogens with one attached hydrogen (secondary N) is 1. The molecule has 4 rings (SSSR count). The maximum absolute atomic E-state index is 5.86. The molecule has 1 aromatic carbocycles. The first-order valence-electron chi connectivity index (χ1n) is 7.27. The third-order valence-electron chi connectivity index (χ3n) is 5.18. The summed E-state index contributed by atoms with van der Waals surface area (Å²) >= 11 is 0. The van der Waals surface area contributed by atoms with E-state index in [4.69, 9.17) is 9.47 Å². The number of ether oxygens (including phenoxy) is 2. The minimum Gasteiger partial charge on any atom is -0.491 e. The van der Waals surface area contributed by atoms with Crippen molar-refractivity contribution >= 4 is 0 Å². The molecule has 4 unspecified atom stereocenters. The molecule has 0 aromatic heterocycles. The maximum Gasteiger partial charge on any atom is 0.124 e. The Hall–Kier alpha value is -1.06. The molecule has 0 amide bonds. The van der Waals surface area contributed by atoms with E-state index in [1.54, 1.807) is 0 Å². The van der Waals surface area contributed by atoms with Crippen molar-refractivity contribution in [2.24, 2.45) is 11.3 Å². The van der Waals surface area contributed by atoms with Crippen molar-refractivity contribution in [2.45, 2.75) is 38.5 Å². The van der Waals surface area contributed by atoms with E-state index in [0.29, 0.717) is 24.1 Å². The standard InChI is InChI=1S/C16H21NO2/c1-16(2)14(11-7-8-18-15(11)16)17-12-9-19-13-6-4-3-5-10(12)13/h3-6,11-12,14-15,17H,7-9H2,1-2H3. The van der Waals surface area contributed by atoms with E-state index in [1.165, 1.54) is 12.0 Å². The van der Waals surface area contributed by atoms with Crippen LogP contribution in [-0.4, -0.2) is 25.4 Å². The number of fused-ring (bicyclic) bond motifs is 2. The van der Waals surface area contributed by atoms with Crippen LogP contribution in [0.4, 0.5) is 0 Å². The summed E-state index contributed by atoms with van der Waals surface area (Å²) in [5.74, 6) is 1.72. The predicted octanol–water partition coefficient (Wildman–Crippen LogP) is 2.52. The molecule has 1 aromatic rings. The average molecular weight is 259 g/mol. The minimum absolute atomic E-state index is 0.235. The number of hydrogen-bond donors (Lipinski definition) is 1. The van der Waals surface area contributed by atoms with Crippen molar-refractivity contribution < 1.29 is 9.47 Å². The van der Waals surface area contributed by atoms with Crippen molar-refractivity contribution in [3.8, 4) is 5.75 Å². The lowest BCUT2D eigenvalue weighted by Crippen LogP contribution is -2.66. The molecule has 0 spiro atoms.